The van der Waals surface area contributed by atoms with Gasteiger partial charge in [0, 0.05) is 25.1 Å². The van der Waals surface area contributed by atoms with E-state index < -0.39 is 0 Å². The van der Waals surface area contributed by atoms with Crippen molar-refractivity contribution in [3.63, 3.8) is 0 Å². The van der Waals surface area contributed by atoms with Crippen LogP contribution in [0.5, 0.6) is 0 Å². The first-order valence-electron chi connectivity index (χ1n) is 6.24. The average Bonchev–Trinajstić information content (AvgIpc) is 3.01. The van der Waals surface area contributed by atoms with Crippen LogP contribution in [0.3, 0.4) is 0 Å². The molecule has 3 nitrogen and oxygen atoms in total. The maximum Gasteiger partial charge on any atom is 0.236 e. The number of rotatable bonds is 5. The molecule has 2 unspecified atom stereocenters. The van der Waals surface area contributed by atoms with Crippen molar-refractivity contribution in [3.05, 3.63) is 0 Å². The molecular formula is C12H20BrNO2. The van der Waals surface area contributed by atoms with Crippen molar-refractivity contribution >= 4 is 21.8 Å². The first-order valence-corrected chi connectivity index (χ1v) is 7.16. The largest absolute Gasteiger partial charge is 0.381 e. The second-order valence-corrected chi connectivity index (χ2v) is 5.93. The van der Waals surface area contributed by atoms with E-state index in [9.17, 15) is 4.79 Å². The number of hydrogen-bond donors (Lipinski definition) is 0. The Bertz CT molecular complexity index is 249. The van der Waals surface area contributed by atoms with Crippen LogP contribution in [-0.2, 0) is 9.53 Å². The first-order chi connectivity index (χ1) is 7.72. The molecule has 0 bridgehead atoms. The molecule has 0 radical (unpaired) electrons. The van der Waals surface area contributed by atoms with Crippen LogP contribution in [0.4, 0.5) is 0 Å². The number of ether oxygens (including phenoxy) is 1. The van der Waals surface area contributed by atoms with Crippen molar-refractivity contribution in [1.29, 1.82) is 0 Å². The average molecular weight is 290 g/mol. The van der Waals surface area contributed by atoms with Gasteiger partial charge in [-0.1, -0.05) is 22.9 Å². The van der Waals surface area contributed by atoms with Gasteiger partial charge < -0.3 is 9.64 Å². The molecular weight excluding hydrogens is 270 g/mol. The third kappa shape index (κ3) is 2.98. The number of carbonyl (C=O) groups is 1. The predicted molar refractivity (Wildman–Crippen MR) is 66.7 cm³/mol. The smallest absolute Gasteiger partial charge is 0.236 e. The van der Waals surface area contributed by atoms with Crippen LogP contribution in [0.1, 0.15) is 32.6 Å². The molecule has 0 spiro atoms. The van der Waals surface area contributed by atoms with Crippen molar-refractivity contribution in [2.45, 2.75) is 43.5 Å². The monoisotopic (exact) mass is 289 g/mol. The van der Waals surface area contributed by atoms with Crippen molar-refractivity contribution in [3.8, 4) is 0 Å². The van der Waals surface area contributed by atoms with Crippen LogP contribution in [-0.4, -0.2) is 41.4 Å². The molecule has 16 heavy (non-hydrogen) atoms. The normalized spacial score (nSPS) is 26.8. The Hall–Kier alpha value is -0.0900. The summed E-state index contributed by atoms with van der Waals surface area (Å²) in [4.78, 5) is 14.3. The summed E-state index contributed by atoms with van der Waals surface area (Å²) in [6.45, 7) is 4.63. The Morgan fingerprint density at radius 3 is 2.75 bits per heavy atom. The summed E-state index contributed by atoms with van der Waals surface area (Å²) >= 11 is 3.47. The zero-order valence-electron chi connectivity index (χ0n) is 9.82. The fourth-order valence-corrected chi connectivity index (χ4v) is 2.43. The topological polar surface area (TPSA) is 29.5 Å². The standard InChI is InChI=1S/C12H20BrNO2/c1-2-11(13)12(15)14(10-3-4-10)7-9-5-6-16-8-9/h9-11H,2-8H2,1H3. The van der Waals surface area contributed by atoms with Gasteiger partial charge in [-0.05, 0) is 25.7 Å². The van der Waals surface area contributed by atoms with E-state index in [0.29, 0.717) is 12.0 Å². The molecule has 1 saturated heterocycles. The Morgan fingerprint density at radius 1 is 1.50 bits per heavy atom. The van der Waals surface area contributed by atoms with E-state index in [0.717, 1.165) is 32.6 Å². The second-order valence-electron chi connectivity index (χ2n) is 4.83. The third-order valence-electron chi connectivity index (χ3n) is 3.38. The highest BCUT2D eigenvalue weighted by Crippen LogP contribution is 2.30. The van der Waals surface area contributed by atoms with Crippen molar-refractivity contribution in [1.82, 2.24) is 4.90 Å². The summed E-state index contributed by atoms with van der Waals surface area (Å²) in [5.41, 5.74) is 0. The van der Waals surface area contributed by atoms with Crippen LogP contribution < -0.4 is 0 Å². The molecule has 0 N–H and O–H groups in total. The lowest BCUT2D eigenvalue weighted by Gasteiger charge is -2.27. The molecule has 1 heterocycles. The highest BCUT2D eigenvalue weighted by Gasteiger charge is 2.36. The molecule has 1 saturated carbocycles. The molecule has 2 atom stereocenters. The summed E-state index contributed by atoms with van der Waals surface area (Å²) in [6.07, 6.45) is 4.34. The van der Waals surface area contributed by atoms with Gasteiger partial charge in [0.2, 0.25) is 5.91 Å². The molecule has 1 amide bonds. The van der Waals surface area contributed by atoms with Crippen LogP contribution >= 0.6 is 15.9 Å². The highest BCUT2D eigenvalue weighted by molar-refractivity contribution is 9.10. The van der Waals surface area contributed by atoms with Gasteiger partial charge in [-0.15, -0.1) is 0 Å². The number of halogens is 1. The van der Waals surface area contributed by atoms with Gasteiger partial charge in [0.15, 0.2) is 0 Å². The lowest BCUT2D eigenvalue weighted by molar-refractivity contribution is -0.131. The molecule has 2 rings (SSSR count). The number of nitrogens with zero attached hydrogens (tertiary/aromatic N) is 1. The number of alkyl halides is 1. The van der Waals surface area contributed by atoms with E-state index in [1.165, 1.54) is 12.8 Å². The van der Waals surface area contributed by atoms with E-state index in [2.05, 4.69) is 20.8 Å². The quantitative estimate of drug-likeness (QED) is 0.726. The summed E-state index contributed by atoms with van der Waals surface area (Å²) in [6, 6.07) is 0.514. The van der Waals surface area contributed by atoms with Crippen LogP contribution in [0.2, 0.25) is 0 Å². The minimum absolute atomic E-state index is 0.00424. The molecule has 1 aliphatic heterocycles. The Labute approximate surface area is 106 Å². The minimum Gasteiger partial charge on any atom is -0.381 e. The second kappa shape index (κ2) is 5.50. The molecule has 2 aliphatic rings. The van der Waals surface area contributed by atoms with Gasteiger partial charge >= 0.3 is 0 Å². The molecule has 4 heteroatoms. The van der Waals surface area contributed by atoms with Crippen molar-refractivity contribution in [2.24, 2.45) is 5.92 Å². The number of carbonyl (C=O) groups excluding carboxylic acids is 1. The van der Waals surface area contributed by atoms with Gasteiger partial charge in [-0.2, -0.15) is 0 Å². The summed E-state index contributed by atoms with van der Waals surface area (Å²) in [5, 5.41) is 0. The lowest BCUT2D eigenvalue weighted by atomic mass is 10.1. The predicted octanol–water partition coefficient (Wildman–Crippen LogP) is 2.19. The Balaban J connectivity index is 1.91. The van der Waals surface area contributed by atoms with E-state index in [1.54, 1.807) is 0 Å². The lowest BCUT2D eigenvalue weighted by Crippen LogP contribution is -2.41. The molecule has 0 aromatic heterocycles. The molecule has 0 aromatic rings. The maximum absolute atomic E-state index is 12.2. The minimum atomic E-state index is -0.00424. The fourth-order valence-electron chi connectivity index (χ4n) is 2.17. The van der Waals surface area contributed by atoms with Gasteiger partial charge in [0.1, 0.15) is 0 Å². The molecule has 1 aliphatic carbocycles. The highest BCUT2D eigenvalue weighted by atomic mass is 79.9. The van der Waals surface area contributed by atoms with E-state index >= 15 is 0 Å². The zero-order valence-corrected chi connectivity index (χ0v) is 11.4. The van der Waals surface area contributed by atoms with Crippen LogP contribution in [0, 0.1) is 5.92 Å². The Morgan fingerprint density at radius 2 is 2.25 bits per heavy atom. The van der Waals surface area contributed by atoms with Gasteiger partial charge in [0.05, 0.1) is 11.4 Å². The van der Waals surface area contributed by atoms with Gasteiger partial charge in [0.25, 0.3) is 0 Å². The van der Waals surface area contributed by atoms with E-state index in [-0.39, 0.29) is 10.7 Å². The third-order valence-corrected chi connectivity index (χ3v) is 4.42. The Kier molecular flexibility index (Phi) is 4.25. The van der Waals surface area contributed by atoms with Crippen molar-refractivity contribution < 1.29 is 9.53 Å². The molecule has 92 valence electrons. The maximum atomic E-state index is 12.2. The molecule has 0 aromatic carbocycles. The summed E-state index contributed by atoms with van der Waals surface area (Å²) in [5.74, 6) is 0.831. The van der Waals surface area contributed by atoms with Gasteiger partial charge in [-0.25, -0.2) is 0 Å². The van der Waals surface area contributed by atoms with Crippen molar-refractivity contribution in [2.75, 3.05) is 19.8 Å². The van der Waals surface area contributed by atoms with Gasteiger partial charge in [-0.3, -0.25) is 4.79 Å². The summed E-state index contributed by atoms with van der Waals surface area (Å²) < 4.78 is 5.37. The zero-order chi connectivity index (χ0) is 11.5. The van der Waals surface area contributed by atoms with Crippen LogP contribution in [0.15, 0.2) is 0 Å². The summed E-state index contributed by atoms with van der Waals surface area (Å²) in [7, 11) is 0. The number of amides is 1. The first kappa shape index (κ1) is 12.4. The van der Waals surface area contributed by atoms with E-state index in [1.807, 2.05) is 6.92 Å². The number of hydrogen-bond acceptors (Lipinski definition) is 2. The SMILES string of the molecule is CCC(Br)C(=O)N(CC1CCOC1)C1CC1. The van der Waals surface area contributed by atoms with E-state index in [4.69, 9.17) is 4.74 Å². The van der Waals surface area contributed by atoms with Crippen LogP contribution in [0.25, 0.3) is 0 Å². The molecule has 2 fully saturated rings. The fraction of sp³-hybridized carbons (Fsp3) is 0.917.